The third-order valence-electron chi connectivity index (χ3n) is 6.45. The molecule has 1 nitrogen and oxygen atoms in total. The highest BCUT2D eigenvalue weighted by molar-refractivity contribution is 7.99. The molecule has 0 radical (unpaired) electrons. The lowest BCUT2D eigenvalue weighted by atomic mass is 9.94. The van der Waals surface area contributed by atoms with Crippen molar-refractivity contribution < 1.29 is 4.57 Å². The maximum absolute atomic E-state index is 2.43. The van der Waals surface area contributed by atoms with E-state index < -0.39 is 0 Å². The number of benzene rings is 4. The Morgan fingerprint density at radius 1 is 0.767 bits per heavy atom. The van der Waals surface area contributed by atoms with Crippen LogP contribution in [-0.2, 0) is 7.05 Å². The van der Waals surface area contributed by atoms with E-state index >= 15 is 0 Å². The quantitative estimate of drug-likeness (QED) is 0.228. The standard InChI is InChI=1S/C27H18NS2/c1-15-17-8-4-3-7-16(17)13-22-24(15)26-25-19(11-12-28(26)2)27-20(14-23(25)29-22)18-9-5-6-10-21(18)30-27/h3-14H,1-2H3/q+1. The highest BCUT2D eigenvalue weighted by atomic mass is 32.2. The van der Waals surface area contributed by atoms with Crippen LogP contribution in [0.3, 0.4) is 0 Å². The highest BCUT2D eigenvalue weighted by Gasteiger charge is 2.30. The summed E-state index contributed by atoms with van der Waals surface area (Å²) in [6.45, 7) is 2.28. The zero-order valence-corrected chi connectivity index (χ0v) is 18.3. The van der Waals surface area contributed by atoms with Gasteiger partial charge in [0, 0.05) is 41.4 Å². The number of hydrogen-bond acceptors (Lipinski definition) is 2. The summed E-state index contributed by atoms with van der Waals surface area (Å²) >= 11 is 3.85. The molecule has 6 aromatic rings. The molecule has 0 spiro atoms. The van der Waals surface area contributed by atoms with Crippen LogP contribution in [0.4, 0.5) is 0 Å². The predicted molar refractivity (Wildman–Crippen MR) is 130 cm³/mol. The maximum Gasteiger partial charge on any atom is 0.222 e. The Labute approximate surface area is 182 Å². The molecule has 3 heterocycles. The lowest BCUT2D eigenvalue weighted by molar-refractivity contribution is -0.659. The second kappa shape index (κ2) is 5.84. The van der Waals surface area contributed by atoms with E-state index in [2.05, 4.69) is 91.5 Å². The van der Waals surface area contributed by atoms with E-state index in [4.69, 9.17) is 0 Å². The first kappa shape index (κ1) is 16.9. The van der Waals surface area contributed by atoms with Gasteiger partial charge in [-0.15, -0.1) is 11.3 Å². The van der Waals surface area contributed by atoms with Gasteiger partial charge in [-0.1, -0.05) is 54.2 Å². The molecular weight excluding hydrogens is 402 g/mol. The van der Waals surface area contributed by atoms with Crippen LogP contribution in [0.15, 0.2) is 82.7 Å². The van der Waals surface area contributed by atoms with Gasteiger partial charge in [-0.05, 0) is 41.5 Å². The molecule has 0 saturated carbocycles. The van der Waals surface area contributed by atoms with Gasteiger partial charge in [-0.3, -0.25) is 0 Å². The highest BCUT2D eigenvalue weighted by Crippen LogP contribution is 2.52. The van der Waals surface area contributed by atoms with Crippen LogP contribution in [0.1, 0.15) is 5.56 Å². The number of fused-ring (bicyclic) bond motifs is 7. The van der Waals surface area contributed by atoms with Gasteiger partial charge < -0.3 is 0 Å². The Kier molecular flexibility index (Phi) is 3.28. The third kappa shape index (κ3) is 2.07. The summed E-state index contributed by atoms with van der Waals surface area (Å²) in [6.07, 6.45) is 2.24. The van der Waals surface area contributed by atoms with Gasteiger partial charge in [0.1, 0.15) is 7.05 Å². The van der Waals surface area contributed by atoms with Crippen molar-refractivity contribution in [3.05, 3.63) is 78.5 Å². The van der Waals surface area contributed by atoms with Crippen molar-refractivity contribution in [3.63, 3.8) is 0 Å². The van der Waals surface area contributed by atoms with Crippen LogP contribution in [0, 0.1) is 6.92 Å². The summed E-state index contributed by atoms with van der Waals surface area (Å²) in [5, 5.41) is 8.19. The van der Waals surface area contributed by atoms with Crippen molar-refractivity contribution in [2.24, 2.45) is 7.05 Å². The lowest BCUT2D eigenvalue weighted by Crippen LogP contribution is -2.31. The number of aryl methyl sites for hydroxylation is 2. The molecule has 1 aliphatic rings. The molecular formula is C27H18NS2+. The van der Waals surface area contributed by atoms with E-state index in [-0.39, 0.29) is 0 Å². The first-order chi connectivity index (χ1) is 14.7. The van der Waals surface area contributed by atoms with Crippen molar-refractivity contribution in [1.82, 2.24) is 0 Å². The Balaban J connectivity index is 1.71. The van der Waals surface area contributed by atoms with Crippen molar-refractivity contribution in [2.75, 3.05) is 0 Å². The molecule has 0 bridgehead atoms. The fourth-order valence-electron chi connectivity index (χ4n) is 5.07. The Hall–Kier alpha value is -2.88. The number of nitrogens with zero attached hydrogens (tertiary/aromatic N) is 1. The molecule has 0 atom stereocenters. The van der Waals surface area contributed by atoms with Crippen molar-refractivity contribution >= 4 is 64.8 Å². The second-order valence-corrected chi connectivity index (χ2v) is 10.2. The molecule has 0 amide bonds. The van der Waals surface area contributed by atoms with Crippen molar-refractivity contribution in [2.45, 2.75) is 16.7 Å². The van der Waals surface area contributed by atoms with E-state index in [1.807, 2.05) is 23.1 Å². The molecule has 142 valence electrons. The van der Waals surface area contributed by atoms with Crippen molar-refractivity contribution in [3.8, 4) is 11.3 Å². The van der Waals surface area contributed by atoms with Gasteiger partial charge in [-0.25, -0.2) is 4.57 Å². The molecule has 1 aliphatic heterocycles. The van der Waals surface area contributed by atoms with E-state index in [1.165, 1.54) is 68.3 Å². The zero-order valence-electron chi connectivity index (χ0n) is 16.7. The van der Waals surface area contributed by atoms with Gasteiger partial charge >= 0.3 is 0 Å². The first-order valence-corrected chi connectivity index (χ1v) is 11.8. The van der Waals surface area contributed by atoms with Gasteiger partial charge in [0.05, 0.1) is 10.9 Å². The fraction of sp³-hybridized carbons (Fsp3) is 0.0741. The zero-order chi connectivity index (χ0) is 20.0. The molecule has 0 N–H and O–H groups in total. The summed E-state index contributed by atoms with van der Waals surface area (Å²) in [5.41, 5.74) is 4.11. The van der Waals surface area contributed by atoms with Crippen LogP contribution >= 0.6 is 23.1 Å². The molecule has 7 rings (SSSR count). The van der Waals surface area contributed by atoms with E-state index in [9.17, 15) is 0 Å². The molecule has 4 aromatic carbocycles. The van der Waals surface area contributed by atoms with E-state index in [1.54, 1.807) is 0 Å². The summed E-state index contributed by atoms with van der Waals surface area (Å²) in [5.74, 6) is 0. The van der Waals surface area contributed by atoms with Gasteiger partial charge in [0.2, 0.25) is 5.69 Å². The minimum absolute atomic E-state index is 1.32. The maximum atomic E-state index is 2.43. The summed E-state index contributed by atoms with van der Waals surface area (Å²) in [4.78, 5) is 2.73. The Morgan fingerprint density at radius 3 is 2.47 bits per heavy atom. The van der Waals surface area contributed by atoms with E-state index in [0.29, 0.717) is 0 Å². The van der Waals surface area contributed by atoms with Gasteiger partial charge in [0.25, 0.3) is 0 Å². The van der Waals surface area contributed by atoms with Gasteiger partial charge in [-0.2, -0.15) is 0 Å². The minimum atomic E-state index is 1.32. The molecule has 30 heavy (non-hydrogen) atoms. The smallest absolute Gasteiger partial charge is 0.200 e. The summed E-state index contributed by atoms with van der Waals surface area (Å²) in [6, 6.07) is 24.7. The van der Waals surface area contributed by atoms with Crippen LogP contribution in [0.5, 0.6) is 0 Å². The Bertz CT molecular complexity index is 1690. The Morgan fingerprint density at radius 2 is 1.57 bits per heavy atom. The lowest BCUT2D eigenvalue weighted by Gasteiger charge is -2.21. The number of thiophene rings is 1. The largest absolute Gasteiger partial charge is 0.222 e. The summed E-state index contributed by atoms with van der Waals surface area (Å²) < 4.78 is 5.08. The molecule has 0 unspecified atom stereocenters. The van der Waals surface area contributed by atoms with Crippen LogP contribution < -0.4 is 4.57 Å². The molecule has 0 fully saturated rings. The average molecular weight is 421 g/mol. The van der Waals surface area contributed by atoms with Crippen LogP contribution in [-0.4, -0.2) is 0 Å². The average Bonchev–Trinajstić information content (AvgIpc) is 3.14. The van der Waals surface area contributed by atoms with Crippen LogP contribution in [0.25, 0.3) is 53.0 Å². The fourth-order valence-corrected chi connectivity index (χ4v) is 7.54. The monoisotopic (exact) mass is 420 g/mol. The first-order valence-electron chi connectivity index (χ1n) is 10.2. The van der Waals surface area contributed by atoms with E-state index in [0.717, 1.165) is 0 Å². The number of pyridine rings is 1. The minimum Gasteiger partial charge on any atom is -0.200 e. The summed E-state index contributed by atoms with van der Waals surface area (Å²) in [7, 11) is 2.18. The predicted octanol–water partition coefficient (Wildman–Crippen LogP) is 7.63. The number of hydrogen-bond donors (Lipinski definition) is 0. The number of aromatic nitrogens is 1. The SMILES string of the molecule is Cc1c2c(cc3ccccc13)Sc1cc3c4ccccc4sc3c3cc[n+](C)c-2c13. The molecule has 3 heteroatoms. The molecule has 0 aliphatic carbocycles. The normalized spacial score (nSPS) is 12.9. The molecule has 2 aromatic heterocycles. The third-order valence-corrected chi connectivity index (χ3v) is 8.76. The number of rotatable bonds is 0. The van der Waals surface area contributed by atoms with Gasteiger partial charge in [0.15, 0.2) is 6.20 Å². The second-order valence-electron chi connectivity index (χ2n) is 8.11. The van der Waals surface area contributed by atoms with Crippen LogP contribution in [0.2, 0.25) is 0 Å². The van der Waals surface area contributed by atoms with Crippen molar-refractivity contribution in [1.29, 1.82) is 0 Å². The topological polar surface area (TPSA) is 3.88 Å². The molecule has 0 saturated heterocycles.